The standard InChI is InChI=1S/C15H21NO3/c1-12(9-16-15(11-17)7-8-15)14(18)19-10-13-5-3-2-4-6-13/h2-6,12,16-17H,7-11H2,1H3. The van der Waals surface area contributed by atoms with E-state index in [-0.39, 0.29) is 24.0 Å². The number of rotatable bonds is 7. The van der Waals surface area contributed by atoms with E-state index in [1.807, 2.05) is 37.3 Å². The van der Waals surface area contributed by atoms with E-state index in [0.717, 1.165) is 18.4 Å². The largest absolute Gasteiger partial charge is 0.461 e. The highest BCUT2D eigenvalue weighted by atomic mass is 16.5. The van der Waals surface area contributed by atoms with E-state index in [2.05, 4.69) is 5.32 Å². The molecule has 0 saturated heterocycles. The molecule has 0 bridgehead atoms. The Labute approximate surface area is 113 Å². The molecule has 104 valence electrons. The molecule has 0 aromatic heterocycles. The van der Waals surface area contributed by atoms with E-state index < -0.39 is 0 Å². The molecule has 1 fully saturated rings. The van der Waals surface area contributed by atoms with Crippen LogP contribution in [0.15, 0.2) is 30.3 Å². The summed E-state index contributed by atoms with van der Waals surface area (Å²) < 4.78 is 5.27. The van der Waals surface area contributed by atoms with Gasteiger partial charge in [-0.3, -0.25) is 4.79 Å². The Morgan fingerprint density at radius 3 is 2.68 bits per heavy atom. The predicted molar refractivity (Wildman–Crippen MR) is 72.5 cm³/mol. The van der Waals surface area contributed by atoms with Gasteiger partial charge in [-0.15, -0.1) is 0 Å². The summed E-state index contributed by atoms with van der Waals surface area (Å²) in [5.41, 5.74) is 0.860. The fourth-order valence-electron chi connectivity index (χ4n) is 1.87. The summed E-state index contributed by atoms with van der Waals surface area (Å²) in [5, 5.41) is 12.4. The van der Waals surface area contributed by atoms with Crippen LogP contribution in [0.2, 0.25) is 0 Å². The summed E-state index contributed by atoms with van der Waals surface area (Å²) in [4.78, 5) is 11.8. The monoisotopic (exact) mass is 263 g/mol. The number of carbonyl (C=O) groups excluding carboxylic acids is 1. The Kier molecular flexibility index (Phi) is 4.56. The Morgan fingerprint density at radius 1 is 1.42 bits per heavy atom. The molecular weight excluding hydrogens is 242 g/mol. The van der Waals surface area contributed by atoms with Gasteiger partial charge in [0.2, 0.25) is 0 Å². The highest BCUT2D eigenvalue weighted by molar-refractivity contribution is 5.72. The smallest absolute Gasteiger partial charge is 0.310 e. The van der Waals surface area contributed by atoms with Gasteiger partial charge in [0.25, 0.3) is 0 Å². The van der Waals surface area contributed by atoms with Gasteiger partial charge in [-0.25, -0.2) is 0 Å². The van der Waals surface area contributed by atoms with Crippen molar-refractivity contribution in [2.24, 2.45) is 5.92 Å². The maximum Gasteiger partial charge on any atom is 0.310 e. The van der Waals surface area contributed by atoms with E-state index in [0.29, 0.717) is 13.2 Å². The first-order chi connectivity index (χ1) is 9.15. The van der Waals surface area contributed by atoms with Crippen molar-refractivity contribution in [1.29, 1.82) is 0 Å². The van der Waals surface area contributed by atoms with Crippen LogP contribution in [0.4, 0.5) is 0 Å². The summed E-state index contributed by atoms with van der Waals surface area (Å²) in [6.45, 7) is 2.84. The van der Waals surface area contributed by atoms with E-state index in [9.17, 15) is 9.90 Å². The van der Waals surface area contributed by atoms with Crippen LogP contribution in [0.1, 0.15) is 25.3 Å². The van der Waals surface area contributed by atoms with Gasteiger partial charge in [-0.1, -0.05) is 37.3 Å². The fraction of sp³-hybridized carbons (Fsp3) is 0.533. The molecule has 19 heavy (non-hydrogen) atoms. The van der Waals surface area contributed by atoms with Crippen molar-refractivity contribution in [3.8, 4) is 0 Å². The second-order valence-electron chi connectivity index (χ2n) is 5.31. The second kappa shape index (κ2) is 6.17. The van der Waals surface area contributed by atoms with Crippen molar-refractivity contribution >= 4 is 5.97 Å². The number of ether oxygens (including phenoxy) is 1. The molecular formula is C15H21NO3. The van der Waals surface area contributed by atoms with Gasteiger partial charge >= 0.3 is 5.97 Å². The lowest BCUT2D eigenvalue weighted by atomic mass is 10.1. The molecule has 0 aliphatic heterocycles. The Balaban J connectivity index is 1.70. The van der Waals surface area contributed by atoms with Crippen molar-refractivity contribution in [3.05, 3.63) is 35.9 Å². The van der Waals surface area contributed by atoms with Crippen LogP contribution in [-0.2, 0) is 16.1 Å². The number of nitrogens with one attached hydrogen (secondary N) is 1. The lowest BCUT2D eigenvalue weighted by Gasteiger charge is -2.17. The average Bonchev–Trinajstić information content (AvgIpc) is 3.24. The molecule has 0 amide bonds. The highest BCUT2D eigenvalue weighted by Gasteiger charge is 2.41. The Bertz CT molecular complexity index is 415. The molecule has 4 nitrogen and oxygen atoms in total. The zero-order valence-corrected chi connectivity index (χ0v) is 11.3. The van der Waals surface area contributed by atoms with Crippen LogP contribution >= 0.6 is 0 Å². The maximum atomic E-state index is 11.8. The summed E-state index contributed by atoms with van der Waals surface area (Å²) in [5.74, 6) is -0.405. The van der Waals surface area contributed by atoms with E-state index in [1.54, 1.807) is 0 Å². The van der Waals surface area contributed by atoms with Gasteiger partial charge in [0.05, 0.1) is 12.5 Å². The van der Waals surface area contributed by atoms with Crippen molar-refractivity contribution in [2.75, 3.05) is 13.2 Å². The van der Waals surface area contributed by atoms with Crippen LogP contribution in [0.5, 0.6) is 0 Å². The van der Waals surface area contributed by atoms with Gasteiger partial charge in [0.1, 0.15) is 6.61 Å². The van der Waals surface area contributed by atoms with Crippen LogP contribution in [0.25, 0.3) is 0 Å². The summed E-state index contributed by atoms with van der Waals surface area (Å²) in [6, 6.07) is 9.64. The summed E-state index contributed by atoms with van der Waals surface area (Å²) in [7, 11) is 0. The molecule has 1 saturated carbocycles. The third-order valence-corrected chi connectivity index (χ3v) is 3.57. The lowest BCUT2D eigenvalue weighted by Crippen LogP contribution is -2.39. The van der Waals surface area contributed by atoms with Gasteiger partial charge in [-0.05, 0) is 18.4 Å². The van der Waals surface area contributed by atoms with Crippen molar-refractivity contribution < 1.29 is 14.6 Å². The van der Waals surface area contributed by atoms with Gasteiger partial charge in [0.15, 0.2) is 0 Å². The highest BCUT2D eigenvalue weighted by Crippen LogP contribution is 2.34. The second-order valence-corrected chi connectivity index (χ2v) is 5.31. The number of hydrogen-bond donors (Lipinski definition) is 2. The molecule has 1 aliphatic carbocycles. The minimum absolute atomic E-state index is 0.131. The molecule has 1 unspecified atom stereocenters. The molecule has 1 atom stereocenters. The van der Waals surface area contributed by atoms with Crippen LogP contribution in [0, 0.1) is 5.92 Å². The number of esters is 1. The molecule has 0 spiro atoms. The first-order valence-electron chi connectivity index (χ1n) is 6.72. The molecule has 0 heterocycles. The number of carbonyl (C=O) groups is 1. The topological polar surface area (TPSA) is 58.6 Å². The predicted octanol–water partition coefficient (Wildman–Crippen LogP) is 1.48. The zero-order valence-electron chi connectivity index (χ0n) is 11.3. The fourth-order valence-corrected chi connectivity index (χ4v) is 1.87. The zero-order chi connectivity index (χ0) is 13.7. The molecule has 0 radical (unpaired) electrons. The summed E-state index contributed by atoms with van der Waals surface area (Å²) >= 11 is 0. The maximum absolute atomic E-state index is 11.8. The van der Waals surface area contributed by atoms with E-state index >= 15 is 0 Å². The molecule has 2 rings (SSSR count). The SMILES string of the molecule is CC(CNC1(CO)CC1)C(=O)OCc1ccccc1. The molecule has 2 N–H and O–H groups in total. The first-order valence-corrected chi connectivity index (χ1v) is 6.72. The Hall–Kier alpha value is -1.39. The van der Waals surface area contributed by atoms with Gasteiger partial charge < -0.3 is 15.2 Å². The lowest BCUT2D eigenvalue weighted by molar-refractivity contribution is -0.149. The molecule has 1 aromatic rings. The van der Waals surface area contributed by atoms with E-state index in [1.165, 1.54) is 0 Å². The van der Waals surface area contributed by atoms with E-state index in [4.69, 9.17) is 4.74 Å². The number of benzene rings is 1. The minimum Gasteiger partial charge on any atom is -0.461 e. The molecule has 1 aromatic carbocycles. The van der Waals surface area contributed by atoms with Crippen molar-refractivity contribution in [3.63, 3.8) is 0 Å². The van der Waals surface area contributed by atoms with Crippen molar-refractivity contribution in [2.45, 2.75) is 31.9 Å². The number of hydrogen-bond acceptors (Lipinski definition) is 4. The van der Waals surface area contributed by atoms with Crippen LogP contribution in [0.3, 0.4) is 0 Å². The Morgan fingerprint density at radius 2 is 2.11 bits per heavy atom. The normalized spacial score (nSPS) is 17.8. The van der Waals surface area contributed by atoms with Crippen molar-refractivity contribution in [1.82, 2.24) is 5.32 Å². The minimum atomic E-state index is -0.204. The quantitative estimate of drug-likeness (QED) is 0.732. The third kappa shape index (κ3) is 4.04. The third-order valence-electron chi connectivity index (χ3n) is 3.57. The van der Waals surface area contributed by atoms with Gasteiger partial charge in [-0.2, -0.15) is 0 Å². The van der Waals surface area contributed by atoms with Crippen LogP contribution < -0.4 is 5.32 Å². The number of aliphatic hydroxyl groups is 1. The molecule has 4 heteroatoms. The molecule has 1 aliphatic rings. The van der Waals surface area contributed by atoms with Crippen LogP contribution in [-0.4, -0.2) is 29.8 Å². The summed E-state index contributed by atoms with van der Waals surface area (Å²) in [6.07, 6.45) is 1.96. The van der Waals surface area contributed by atoms with Gasteiger partial charge in [0, 0.05) is 12.1 Å². The number of aliphatic hydroxyl groups excluding tert-OH is 1. The first kappa shape index (κ1) is 14.0. The average molecular weight is 263 g/mol.